The molecule has 1 rings (SSSR count). The normalized spacial score (nSPS) is 22.5. The minimum absolute atomic E-state index is 0. The zero-order valence-corrected chi connectivity index (χ0v) is 17.8. The van der Waals surface area contributed by atoms with Gasteiger partial charge in [-0.15, -0.1) is 24.0 Å². The Hall–Kier alpha value is -0.0800. The molecule has 138 valence electrons. The Morgan fingerprint density at radius 2 is 1.65 bits per heavy atom. The Morgan fingerprint density at radius 3 is 2.22 bits per heavy atom. The van der Waals surface area contributed by atoms with Gasteiger partial charge in [-0.1, -0.05) is 26.2 Å². The van der Waals surface area contributed by atoms with Crippen molar-refractivity contribution in [1.82, 2.24) is 15.5 Å². The highest BCUT2D eigenvalue weighted by molar-refractivity contribution is 14.0. The first-order valence-corrected chi connectivity index (χ1v) is 8.98. The molecule has 1 aliphatic rings. The van der Waals surface area contributed by atoms with Crippen LogP contribution >= 0.6 is 24.0 Å². The molecule has 0 aromatic rings. The van der Waals surface area contributed by atoms with Crippen LogP contribution in [0.1, 0.15) is 52.9 Å². The number of aliphatic imine (C=N–C) groups is 1. The molecule has 1 heterocycles. The fourth-order valence-electron chi connectivity index (χ4n) is 2.96. The second-order valence-electron chi connectivity index (χ2n) is 6.36. The molecule has 5 nitrogen and oxygen atoms in total. The van der Waals surface area contributed by atoms with Gasteiger partial charge in [0, 0.05) is 39.8 Å². The third kappa shape index (κ3) is 11.2. The summed E-state index contributed by atoms with van der Waals surface area (Å²) in [6.07, 6.45) is 6.97. The van der Waals surface area contributed by atoms with Crippen LogP contribution in [0.3, 0.4) is 0 Å². The van der Waals surface area contributed by atoms with Crippen LogP contribution in [0, 0.1) is 0 Å². The molecule has 2 N–H and O–H groups in total. The number of hydrogen-bond acceptors (Lipinski definition) is 3. The number of nitrogens with one attached hydrogen (secondary N) is 2. The maximum absolute atomic E-state index is 5.76. The van der Waals surface area contributed by atoms with E-state index in [1.54, 1.807) is 0 Å². The lowest BCUT2D eigenvalue weighted by molar-refractivity contribution is -0.0679. The Kier molecular flexibility index (Phi) is 14.2. The third-order valence-corrected chi connectivity index (χ3v) is 3.99. The van der Waals surface area contributed by atoms with Gasteiger partial charge in [0.25, 0.3) is 0 Å². The van der Waals surface area contributed by atoms with Gasteiger partial charge in [-0.2, -0.15) is 0 Å². The van der Waals surface area contributed by atoms with Crippen molar-refractivity contribution in [3.63, 3.8) is 0 Å². The first-order valence-electron chi connectivity index (χ1n) is 8.98. The number of hydrogen-bond donors (Lipinski definition) is 2. The van der Waals surface area contributed by atoms with Crippen molar-refractivity contribution in [1.29, 1.82) is 0 Å². The monoisotopic (exact) mass is 440 g/mol. The topological polar surface area (TPSA) is 48.9 Å². The zero-order chi connectivity index (χ0) is 16.2. The standard InChI is InChI=1S/C17H36N4O.HI/c1-5-6-7-8-10-19-17(18-4)20-11-9-12-21-13-15(2)22-16(3)14-21;/h15-16H,5-14H2,1-4H3,(H2,18,19,20);1H. The fourth-order valence-corrected chi connectivity index (χ4v) is 2.96. The highest BCUT2D eigenvalue weighted by Gasteiger charge is 2.21. The molecule has 0 bridgehead atoms. The van der Waals surface area contributed by atoms with E-state index >= 15 is 0 Å². The van der Waals surface area contributed by atoms with Crippen LogP contribution in [0.4, 0.5) is 0 Å². The summed E-state index contributed by atoms with van der Waals surface area (Å²) in [5.41, 5.74) is 0. The molecule has 2 atom stereocenters. The minimum Gasteiger partial charge on any atom is -0.373 e. The van der Waals surface area contributed by atoms with Crippen molar-refractivity contribution in [2.75, 3.05) is 39.8 Å². The summed E-state index contributed by atoms with van der Waals surface area (Å²) in [4.78, 5) is 6.78. The van der Waals surface area contributed by atoms with Crippen LogP contribution in [0.15, 0.2) is 4.99 Å². The Labute approximate surface area is 160 Å². The summed E-state index contributed by atoms with van der Waals surface area (Å²) in [7, 11) is 1.84. The lowest BCUT2D eigenvalue weighted by Gasteiger charge is -2.35. The van der Waals surface area contributed by atoms with E-state index in [1.807, 2.05) is 7.05 Å². The zero-order valence-electron chi connectivity index (χ0n) is 15.4. The van der Waals surface area contributed by atoms with Crippen LogP contribution in [0.5, 0.6) is 0 Å². The van der Waals surface area contributed by atoms with Crippen LogP contribution in [0.25, 0.3) is 0 Å². The van der Waals surface area contributed by atoms with Crippen molar-refractivity contribution >= 4 is 29.9 Å². The lowest BCUT2D eigenvalue weighted by atomic mass is 10.2. The molecule has 0 radical (unpaired) electrons. The number of halogens is 1. The summed E-state index contributed by atoms with van der Waals surface area (Å²) in [5, 5.41) is 6.79. The molecular formula is C17H37IN4O. The van der Waals surface area contributed by atoms with Gasteiger partial charge in [-0.25, -0.2) is 0 Å². The van der Waals surface area contributed by atoms with Gasteiger partial charge < -0.3 is 15.4 Å². The van der Waals surface area contributed by atoms with E-state index in [0.29, 0.717) is 12.2 Å². The number of rotatable bonds is 9. The predicted molar refractivity (Wildman–Crippen MR) is 110 cm³/mol. The first kappa shape index (κ1) is 22.9. The SMILES string of the molecule is CCCCCCNC(=NC)NCCCN1CC(C)OC(C)C1.I. The average Bonchev–Trinajstić information content (AvgIpc) is 2.48. The van der Waals surface area contributed by atoms with Gasteiger partial charge in [0.05, 0.1) is 12.2 Å². The maximum atomic E-state index is 5.76. The Balaban J connectivity index is 0.00000484. The van der Waals surface area contributed by atoms with Gasteiger partial charge in [-0.3, -0.25) is 9.89 Å². The fraction of sp³-hybridized carbons (Fsp3) is 0.941. The van der Waals surface area contributed by atoms with E-state index in [0.717, 1.165) is 45.1 Å². The molecule has 0 saturated carbocycles. The maximum Gasteiger partial charge on any atom is 0.190 e. The molecule has 6 heteroatoms. The molecule has 0 aromatic carbocycles. The van der Waals surface area contributed by atoms with E-state index in [-0.39, 0.29) is 24.0 Å². The number of guanidine groups is 1. The predicted octanol–water partition coefficient (Wildman–Crippen LogP) is 2.85. The smallest absolute Gasteiger partial charge is 0.190 e. The summed E-state index contributed by atoms with van der Waals surface area (Å²) in [5.74, 6) is 0.931. The number of ether oxygens (including phenoxy) is 1. The highest BCUT2D eigenvalue weighted by atomic mass is 127. The van der Waals surface area contributed by atoms with E-state index in [1.165, 1.54) is 25.7 Å². The minimum atomic E-state index is 0. The van der Waals surface area contributed by atoms with Crippen LogP contribution in [-0.2, 0) is 4.74 Å². The van der Waals surface area contributed by atoms with Crippen molar-refractivity contribution < 1.29 is 4.74 Å². The van der Waals surface area contributed by atoms with Gasteiger partial charge in [0.15, 0.2) is 5.96 Å². The van der Waals surface area contributed by atoms with Gasteiger partial charge in [0.1, 0.15) is 0 Å². The average molecular weight is 440 g/mol. The largest absolute Gasteiger partial charge is 0.373 e. The Bertz CT molecular complexity index is 305. The molecule has 0 amide bonds. The molecule has 0 aromatic heterocycles. The summed E-state index contributed by atoms with van der Waals surface area (Å²) < 4.78 is 5.76. The second kappa shape index (κ2) is 14.3. The summed E-state index contributed by atoms with van der Waals surface area (Å²) in [6, 6.07) is 0. The van der Waals surface area contributed by atoms with Crippen molar-refractivity contribution in [2.45, 2.75) is 65.1 Å². The van der Waals surface area contributed by atoms with E-state index in [2.05, 4.69) is 41.3 Å². The molecule has 1 aliphatic heterocycles. The van der Waals surface area contributed by atoms with E-state index in [9.17, 15) is 0 Å². The second-order valence-corrected chi connectivity index (χ2v) is 6.36. The molecule has 0 aliphatic carbocycles. The summed E-state index contributed by atoms with van der Waals surface area (Å²) >= 11 is 0. The number of unbranched alkanes of at least 4 members (excludes halogenated alkanes) is 3. The van der Waals surface area contributed by atoms with Crippen LogP contribution in [0.2, 0.25) is 0 Å². The molecule has 23 heavy (non-hydrogen) atoms. The van der Waals surface area contributed by atoms with Crippen molar-refractivity contribution in [3.8, 4) is 0 Å². The molecule has 1 saturated heterocycles. The van der Waals surface area contributed by atoms with Crippen LogP contribution in [-0.4, -0.2) is 62.8 Å². The summed E-state index contributed by atoms with van der Waals surface area (Å²) in [6.45, 7) is 11.8. The molecular weight excluding hydrogens is 403 g/mol. The van der Waals surface area contributed by atoms with Gasteiger partial charge in [0.2, 0.25) is 0 Å². The van der Waals surface area contributed by atoms with E-state index in [4.69, 9.17) is 4.74 Å². The molecule has 0 spiro atoms. The van der Waals surface area contributed by atoms with Gasteiger partial charge >= 0.3 is 0 Å². The first-order chi connectivity index (χ1) is 10.7. The molecule has 2 unspecified atom stereocenters. The number of morpholine rings is 1. The lowest BCUT2D eigenvalue weighted by Crippen LogP contribution is -2.46. The molecule has 1 fully saturated rings. The van der Waals surface area contributed by atoms with Crippen molar-refractivity contribution in [3.05, 3.63) is 0 Å². The quantitative estimate of drug-likeness (QED) is 0.251. The van der Waals surface area contributed by atoms with Crippen LogP contribution < -0.4 is 10.6 Å². The highest BCUT2D eigenvalue weighted by Crippen LogP contribution is 2.10. The third-order valence-electron chi connectivity index (χ3n) is 3.99. The van der Waals surface area contributed by atoms with Crippen molar-refractivity contribution in [2.24, 2.45) is 4.99 Å². The Morgan fingerprint density at radius 1 is 1.04 bits per heavy atom. The number of nitrogens with zero attached hydrogens (tertiary/aromatic N) is 2. The van der Waals surface area contributed by atoms with E-state index < -0.39 is 0 Å². The van der Waals surface area contributed by atoms with Gasteiger partial charge in [-0.05, 0) is 26.7 Å².